The Balaban J connectivity index is 1.99. The van der Waals surface area contributed by atoms with Gasteiger partial charge in [0, 0.05) is 16.6 Å². The summed E-state index contributed by atoms with van der Waals surface area (Å²) in [6, 6.07) is 11.3. The third kappa shape index (κ3) is 4.37. The molecule has 0 radical (unpaired) electrons. The first-order chi connectivity index (χ1) is 10.5. The summed E-state index contributed by atoms with van der Waals surface area (Å²) in [6.07, 6.45) is 0. The lowest BCUT2D eigenvalue weighted by atomic mass is 10.3. The third-order valence-corrected chi connectivity index (χ3v) is 4.46. The Morgan fingerprint density at radius 3 is 2.59 bits per heavy atom. The summed E-state index contributed by atoms with van der Waals surface area (Å²) >= 11 is 13.0. The van der Waals surface area contributed by atoms with Gasteiger partial charge in [-0.1, -0.05) is 35.3 Å². The van der Waals surface area contributed by atoms with E-state index in [0.29, 0.717) is 10.7 Å². The van der Waals surface area contributed by atoms with E-state index >= 15 is 0 Å². The molecule has 0 bridgehead atoms. The second-order valence-corrected chi connectivity index (χ2v) is 6.02. The Labute approximate surface area is 140 Å². The molecule has 0 heterocycles. The first-order valence-corrected chi connectivity index (χ1v) is 7.82. The molecule has 0 saturated heterocycles. The van der Waals surface area contributed by atoms with Crippen molar-refractivity contribution in [1.29, 1.82) is 0 Å². The number of nitro groups is 1. The summed E-state index contributed by atoms with van der Waals surface area (Å²) < 4.78 is 0. The number of hydrogen-bond donors (Lipinski definition) is 1. The minimum absolute atomic E-state index is 0.0217. The van der Waals surface area contributed by atoms with E-state index in [2.05, 4.69) is 5.32 Å². The van der Waals surface area contributed by atoms with Crippen LogP contribution in [0.15, 0.2) is 47.4 Å². The summed E-state index contributed by atoms with van der Waals surface area (Å²) in [7, 11) is 0. The van der Waals surface area contributed by atoms with Crippen LogP contribution in [0.4, 0.5) is 11.4 Å². The molecule has 22 heavy (non-hydrogen) atoms. The number of anilines is 1. The zero-order chi connectivity index (χ0) is 16.1. The van der Waals surface area contributed by atoms with Gasteiger partial charge in [0.1, 0.15) is 5.02 Å². The number of nitrogens with one attached hydrogen (secondary N) is 1. The summed E-state index contributed by atoms with van der Waals surface area (Å²) in [5, 5.41) is 14.0. The van der Waals surface area contributed by atoms with Crippen molar-refractivity contribution in [3.63, 3.8) is 0 Å². The topological polar surface area (TPSA) is 72.2 Å². The lowest BCUT2D eigenvalue weighted by molar-refractivity contribution is -0.384. The SMILES string of the molecule is O=C(CSc1ccccc1Cl)Nc1ccc(Cl)c([N+](=O)[O-])c1. The van der Waals surface area contributed by atoms with Gasteiger partial charge in [-0.25, -0.2) is 0 Å². The van der Waals surface area contributed by atoms with E-state index in [0.717, 1.165) is 4.90 Å². The smallest absolute Gasteiger partial charge is 0.289 e. The van der Waals surface area contributed by atoms with Gasteiger partial charge in [-0.2, -0.15) is 0 Å². The second kappa shape index (κ2) is 7.49. The van der Waals surface area contributed by atoms with Gasteiger partial charge in [-0.05, 0) is 24.3 Å². The minimum atomic E-state index is -0.601. The van der Waals surface area contributed by atoms with Crippen molar-refractivity contribution in [3.05, 3.63) is 62.6 Å². The standard InChI is InChI=1S/C14H10Cl2N2O3S/c15-10-6-5-9(7-12(10)18(20)21)17-14(19)8-22-13-4-2-1-3-11(13)16/h1-7H,8H2,(H,17,19). The molecule has 2 rings (SSSR count). The molecule has 114 valence electrons. The van der Waals surface area contributed by atoms with E-state index in [9.17, 15) is 14.9 Å². The number of thioether (sulfide) groups is 1. The molecule has 0 fully saturated rings. The quantitative estimate of drug-likeness (QED) is 0.481. The molecule has 8 heteroatoms. The molecule has 0 aromatic heterocycles. The zero-order valence-corrected chi connectivity index (χ0v) is 13.4. The number of carbonyl (C=O) groups is 1. The van der Waals surface area contributed by atoms with Crippen molar-refractivity contribution in [1.82, 2.24) is 0 Å². The highest BCUT2D eigenvalue weighted by atomic mass is 35.5. The molecule has 0 aliphatic carbocycles. The molecule has 0 aliphatic heterocycles. The second-order valence-electron chi connectivity index (χ2n) is 4.19. The first kappa shape index (κ1) is 16.6. The largest absolute Gasteiger partial charge is 0.325 e. The maximum atomic E-state index is 11.9. The van der Waals surface area contributed by atoms with Gasteiger partial charge in [-0.3, -0.25) is 14.9 Å². The van der Waals surface area contributed by atoms with Crippen molar-refractivity contribution >= 4 is 52.2 Å². The molecular formula is C14H10Cl2N2O3S. The van der Waals surface area contributed by atoms with Gasteiger partial charge in [0.2, 0.25) is 5.91 Å². The molecule has 1 amide bonds. The lowest BCUT2D eigenvalue weighted by Gasteiger charge is -2.06. The highest BCUT2D eigenvalue weighted by Crippen LogP contribution is 2.28. The highest BCUT2D eigenvalue weighted by Gasteiger charge is 2.14. The van der Waals surface area contributed by atoms with Crippen LogP contribution in [0, 0.1) is 10.1 Å². The van der Waals surface area contributed by atoms with Crippen LogP contribution in [0.5, 0.6) is 0 Å². The summed E-state index contributed by atoms with van der Waals surface area (Å²) in [5.41, 5.74) is 0.0686. The molecule has 0 unspecified atom stereocenters. The molecule has 5 nitrogen and oxygen atoms in total. The van der Waals surface area contributed by atoms with Crippen LogP contribution in [0.1, 0.15) is 0 Å². The number of amides is 1. The monoisotopic (exact) mass is 356 g/mol. The predicted octanol–water partition coefficient (Wildman–Crippen LogP) is 4.63. The van der Waals surface area contributed by atoms with Crippen molar-refractivity contribution in [2.45, 2.75) is 4.90 Å². The van der Waals surface area contributed by atoms with Crippen molar-refractivity contribution in [2.75, 3.05) is 11.1 Å². The average molecular weight is 357 g/mol. The number of rotatable bonds is 5. The fourth-order valence-electron chi connectivity index (χ4n) is 1.63. The molecule has 0 spiro atoms. The Bertz CT molecular complexity index is 725. The number of halogens is 2. The number of nitro benzene ring substituents is 1. The Morgan fingerprint density at radius 1 is 1.18 bits per heavy atom. The number of nitrogens with zero attached hydrogens (tertiary/aromatic N) is 1. The van der Waals surface area contributed by atoms with Gasteiger partial charge < -0.3 is 5.32 Å². The molecule has 1 N–H and O–H groups in total. The minimum Gasteiger partial charge on any atom is -0.325 e. The zero-order valence-electron chi connectivity index (χ0n) is 11.1. The van der Waals surface area contributed by atoms with Crippen LogP contribution >= 0.6 is 35.0 Å². The van der Waals surface area contributed by atoms with E-state index in [1.54, 1.807) is 12.1 Å². The van der Waals surface area contributed by atoms with Crippen LogP contribution < -0.4 is 5.32 Å². The van der Waals surface area contributed by atoms with Crippen LogP contribution in [0.3, 0.4) is 0 Å². The normalized spacial score (nSPS) is 10.3. The van der Waals surface area contributed by atoms with Crippen molar-refractivity contribution < 1.29 is 9.72 Å². The molecular weight excluding hydrogens is 347 g/mol. The molecule has 2 aromatic rings. The number of carbonyl (C=O) groups excluding carboxylic acids is 1. The first-order valence-electron chi connectivity index (χ1n) is 6.08. The average Bonchev–Trinajstić information content (AvgIpc) is 2.48. The fourth-order valence-corrected chi connectivity index (χ4v) is 2.86. The number of hydrogen-bond acceptors (Lipinski definition) is 4. The van der Waals surface area contributed by atoms with E-state index in [1.165, 1.54) is 30.0 Å². The predicted molar refractivity (Wildman–Crippen MR) is 88.9 cm³/mol. The van der Waals surface area contributed by atoms with Crippen LogP contribution in [-0.4, -0.2) is 16.6 Å². The van der Waals surface area contributed by atoms with E-state index in [4.69, 9.17) is 23.2 Å². The van der Waals surface area contributed by atoms with Gasteiger partial charge in [-0.15, -0.1) is 11.8 Å². The van der Waals surface area contributed by atoms with Crippen LogP contribution in [0.25, 0.3) is 0 Å². The van der Waals surface area contributed by atoms with Gasteiger partial charge in [0.05, 0.1) is 15.7 Å². The third-order valence-electron chi connectivity index (χ3n) is 2.62. The molecule has 0 aliphatic rings. The summed E-state index contributed by atoms with van der Waals surface area (Å²) in [4.78, 5) is 22.9. The number of benzene rings is 2. The Hall–Kier alpha value is -1.76. The van der Waals surface area contributed by atoms with Gasteiger partial charge in [0.25, 0.3) is 5.69 Å². The van der Waals surface area contributed by atoms with Crippen LogP contribution in [0.2, 0.25) is 10.0 Å². The lowest BCUT2D eigenvalue weighted by Crippen LogP contribution is -2.14. The van der Waals surface area contributed by atoms with Gasteiger partial charge >= 0.3 is 0 Å². The summed E-state index contributed by atoms with van der Waals surface area (Å²) in [6.45, 7) is 0. The van der Waals surface area contributed by atoms with Crippen LogP contribution in [-0.2, 0) is 4.79 Å². The molecule has 0 atom stereocenters. The Kier molecular flexibility index (Phi) is 5.65. The van der Waals surface area contributed by atoms with E-state index < -0.39 is 4.92 Å². The summed E-state index contributed by atoms with van der Waals surface area (Å²) in [5.74, 6) is -0.151. The maximum absolute atomic E-state index is 11.9. The van der Waals surface area contributed by atoms with E-state index in [1.807, 2.05) is 12.1 Å². The Morgan fingerprint density at radius 2 is 1.91 bits per heavy atom. The highest BCUT2D eigenvalue weighted by molar-refractivity contribution is 8.00. The van der Waals surface area contributed by atoms with E-state index in [-0.39, 0.29) is 22.4 Å². The fraction of sp³-hybridized carbons (Fsp3) is 0.0714. The molecule has 0 saturated carbocycles. The molecule has 2 aromatic carbocycles. The van der Waals surface area contributed by atoms with Crippen molar-refractivity contribution in [2.24, 2.45) is 0 Å². The van der Waals surface area contributed by atoms with Crippen molar-refractivity contribution in [3.8, 4) is 0 Å². The van der Waals surface area contributed by atoms with Gasteiger partial charge in [0.15, 0.2) is 0 Å². The maximum Gasteiger partial charge on any atom is 0.289 e.